The predicted molar refractivity (Wildman–Crippen MR) is 51.0 cm³/mol. The molecule has 5 nitrogen and oxygen atoms in total. The van der Waals surface area contributed by atoms with Crippen LogP contribution in [0.3, 0.4) is 0 Å². The van der Waals surface area contributed by atoms with Crippen LogP contribution in [-0.2, 0) is 11.3 Å². The van der Waals surface area contributed by atoms with Gasteiger partial charge in [-0.3, -0.25) is 9.48 Å². The molecule has 2 aromatic rings. The van der Waals surface area contributed by atoms with Crippen molar-refractivity contribution >= 4 is 16.9 Å². The third-order valence-corrected chi connectivity index (χ3v) is 2.04. The fourth-order valence-corrected chi connectivity index (χ4v) is 1.41. The Morgan fingerprint density at radius 3 is 2.87 bits per heavy atom. The lowest BCUT2D eigenvalue weighted by atomic mass is 10.2. The van der Waals surface area contributed by atoms with Crippen LogP contribution in [0.2, 0.25) is 0 Å². The van der Waals surface area contributed by atoms with E-state index in [0.29, 0.717) is 10.9 Å². The molecule has 0 saturated carbocycles. The summed E-state index contributed by atoms with van der Waals surface area (Å²) in [5.41, 5.74) is 0.273. The van der Waals surface area contributed by atoms with Crippen LogP contribution < -0.4 is 10.5 Å². The van der Waals surface area contributed by atoms with Crippen LogP contribution in [-0.4, -0.2) is 15.7 Å². The molecule has 0 N–H and O–H groups in total. The van der Waals surface area contributed by atoms with Crippen molar-refractivity contribution in [2.24, 2.45) is 0 Å². The molecule has 5 heteroatoms. The van der Waals surface area contributed by atoms with Crippen LogP contribution in [0, 0.1) is 0 Å². The molecule has 1 aromatic carbocycles. The molecule has 1 aromatic heterocycles. The molecular weight excluding hydrogens is 196 g/mol. The molecule has 0 fully saturated rings. The Kier molecular flexibility index (Phi) is 2.21. The highest BCUT2D eigenvalue weighted by molar-refractivity contribution is 5.79. The number of para-hydroxylation sites is 1. The molecule has 0 aliphatic carbocycles. The smallest absolute Gasteiger partial charge is 0.207 e. The first-order chi connectivity index (χ1) is 7.18. The Morgan fingerprint density at radius 2 is 2.13 bits per heavy atom. The van der Waals surface area contributed by atoms with Crippen LogP contribution in [0.25, 0.3) is 10.9 Å². The number of carboxylic acids is 1. The average Bonchev–Trinajstić information content (AvgIpc) is 2.22. The largest absolute Gasteiger partial charge is 0.548 e. The van der Waals surface area contributed by atoms with Gasteiger partial charge in [0.05, 0.1) is 24.2 Å². The summed E-state index contributed by atoms with van der Waals surface area (Å²) in [4.78, 5) is 21.8. The Balaban J connectivity index is 2.71. The lowest BCUT2D eigenvalue weighted by Gasteiger charge is -2.08. The number of rotatable bonds is 2. The minimum atomic E-state index is -1.24. The molecule has 0 radical (unpaired) electrons. The standard InChI is InChI=1S/C10H8N2O3/c13-9-5-11-12(6-10(14)15)8-4-2-1-3-7(8)9/h1-5H,6H2,(H,14,15)/p-1. The summed E-state index contributed by atoms with van der Waals surface area (Å²) >= 11 is 0. The van der Waals surface area contributed by atoms with E-state index < -0.39 is 5.97 Å². The van der Waals surface area contributed by atoms with Crippen LogP contribution in [0.1, 0.15) is 0 Å². The zero-order valence-corrected chi connectivity index (χ0v) is 7.71. The number of hydrogen-bond acceptors (Lipinski definition) is 4. The number of aliphatic carboxylic acids is 1. The number of hydrogen-bond donors (Lipinski definition) is 0. The van der Waals surface area contributed by atoms with E-state index in [4.69, 9.17) is 0 Å². The number of aromatic nitrogens is 2. The van der Waals surface area contributed by atoms with E-state index in [2.05, 4.69) is 5.10 Å². The van der Waals surface area contributed by atoms with Gasteiger partial charge in [-0.05, 0) is 12.1 Å². The summed E-state index contributed by atoms with van der Waals surface area (Å²) in [7, 11) is 0. The summed E-state index contributed by atoms with van der Waals surface area (Å²) in [5.74, 6) is -1.24. The molecule has 0 atom stereocenters. The summed E-state index contributed by atoms with van der Waals surface area (Å²) in [6.45, 7) is -0.360. The molecule has 1 heterocycles. The van der Waals surface area contributed by atoms with Gasteiger partial charge in [-0.15, -0.1) is 0 Å². The zero-order valence-electron chi connectivity index (χ0n) is 7.71. The maximum atomic E-state index is 11.4. The fourth-order valence-electron chi connectivity index (χ4n) is 1.41. The van der Waals surface area contributed by atoms with Crippen molar-refractivity contribution in [1.29, 1.82) is 0 Å². The Labute approximate surface area is 84.6 Å². The van der Waals surface area contributed by atoms with Crippen molar-refractivity contribution in [3.05, 3.63) is 40.7 Å². The van der Waals surface area contributed by atoms with Gasteiger partial charge in [-0.2, -0.15) is 5.10 Å². The van der Waals surface area contributed by atoms with Crippen molar-refractivity contribution < 1.29 is 9.90 Å². The van der Waals surface area contributed by atoms with E-state index in [1.807, 2.05) is 0 Å². The lowest BCUT2D eigenvalue weighted by Crippen LogP contribution is -2.29. The molecule has 0 bridgehead atoms. The SMILES string of the molecule is O=C([O-])Cn1ncc(=O)c2ccccc21. The molecule has 0 saturated heterocycles. The van der Waals surface area contributed by atoms with Crippen molar-refractivity contribution in [3.8, 4) is 0 Å². The summed E-state index contributed by atoms with van der Waals surface area (Å²) in [5, 5.41) is 14.6. The van der Waals surface area contributed by atoms with Gasteiger partial charge >= 0.3 is 0 Å². The number of nitrogens with zero attached hydrogens (tertiary/aromatic N) is 2. The third-order valence-electron chi connectivity index (χ3n) is 2.04. The van der Waals surface area contributed by atoms with Gasteiger partial charge in [0.1, 0.15) is 0 Å². The highest BCUT2D eigenvalue weighted by Crippen LogP contribution is 2.06. The predicted octanol–water partition coefficient (Wildman–Crippen LogP) is -0.854. The quantitative estimate of drug-likeness (QED) is 0.636. The average molecular weight is 203 g/mol. The van der Waals surface area contributed by atoms with E-state index >= 15 is 0 Å². The number of fused-ring (bicyclic) bond motifs is 1. The fraction of sp³-hybridized carbons (Fsp3) is 0.100. The van der Waals surface area contributed by atoms with Gasteiger partial charge in [-0.25, -0.2) is 0 Å². The molecule has 0 unspecified atom stereocenters. The minimum Gasteiger partial charge on any atom is -0.548 e. The second-order valence-corrected chi connectivity index (χ2v) is 3.06. The summed E-state index contributed by atoms with van der Waals surface area (Å²) in [6.07, 6.45) is 1.10. The second kappa shape index (κ2) is 3.53. The molecule has 0 aliphatic heterocycles. The van der Waals surface area contributed by atoms with Gasteiger partial charge in [0.25, 0.3) is 0 Å². The van der Waals surface area contributed by atoms with Crippen molar-refractivity contribution in [1.82, 2.24) is 9.78 Å². The van der Waals surface area contributed by atoms with Crippen LogP contribution >= 0.6 is 0 Å². The molecule has 0 amide bonds. The minimum absolute atomic E-state index is 0.222. The lowest BCUT2D eigenvalue weighted by molar-refractivity contribution is -0.306. The number of carboxylic acid groups (broad SMARTS) is 1. The van der Waals surface area contributed by atoms with E-state index in [0.717, 1.165) is 6.20 Å². The van der Waals surface area contributed by atoms with E-state index in [1.54, 1.807) is 24.3 Å². The van der Waals surface area contributed by atoms with E-state index in [1.165, 1.54) is 4.68 Å². The highest BCUT2D eigenvalue weighted by Gasteiger charge is 2.02. The monoisotopic (exact) mass is 203 g/mol. The number of benzene rings is 1. The van der Waals surface area contributed by atoms with Gasteiger partial charge in [0.2, 0.25) is 5.43 Å². The zero-order chi connectivity index (χ0) is 10.8. The molecule has 2 rings (SSSR count). The number of carbonyl (C=O) groups is 1. The van der Waals surface area contributed by atoms with Crippen LogP contribution in [0.15, 0.2) is 35.3 Å². The molecule has 76 valence electrons. The van der Waals surface area contributed by atoms with Gasteiger partial charge < -0.3 is 9.90 Å². The van der Waals surface area contributed by atoms with Gasteiger partial charge in [0, 0.05) is 5.39 Å². The first-order valence-electron chi connectivity index (χ1n) is 4.33. The van der Waals surface area contributed by atoms with Crippen molar-refractivity contribution in [3.63, 3.8) is 0 Å². The maximum absolute atomic E-state index is 11.4. The van der Waals surface area contributed by atoms with Gasteiger partial charge in [-0.1, -0.05) is 12.1 Å². The van der Waals surface area contributed by atoms with Crippen LogP contribution in [0.5, 0.6) is 0 Å². The second-order valence-electron chi connectivity index (χ2n) is 3.06. The third kappa shape index (κ3) is 1.71. The van der Waals surface area contributed by atoms with E-state index in [-0.39, 0.29) is 12.0 Å². The molecule has 0 aliphatic rings. The van der Waals surface area contributed by atoms with Crippen molar-refractivity contribution in [2.45, 2.75) is 6.54 Å². The Morgan fingerprint density at radius 1 is 1.40 bits per heavy atom. The Bertz CT molecular complexity index is 574. The summed E-state index contributed by atoms with van der Waals surface area (Å²) < 4.78 is 1.23. The molecule has 15 heavy (non-hydrogen) atoms. The topological polar surface area (TPSA) is 75.0 Å². The van der Waals surface area contributed by atoms with E-state index in [9.17, 15) is 14.7 Å². The maximum Gasteiger partial charge on any atom is 0.207 e. The normalized spacial score (nSPS) is 10.4. The molecule has 0 spiro atoms. The van der Waals surface area contributed by atoms with Gasteiger partial charge in [0.15, 0.2) is 0 Å². The number of carbonyl (C=O) groups excluding carboxylic acids is 1. The molecular formula is C10H7N2O3-. The first-order valence-corrected chi connectivity index (χ1v) is 4.33. The Hall–Kier alpha value is -2.17. The van der Waals surface area contributed by atoms with Crippen LogP contribution in [0.4, 0.5) is 0 Å². The summed E-state index contributed by atoms with van der Waals surface area (Å²) in [6, 6.07) is 6.71. The first kappa shape index (κ1) is 9.39. The van der Waals surface area contributed by atoms with Crippen molar-refractivity contribution in [2.75, 3.05) is 0 Å². The highest BCUT2D eigenvalue weighted by atomic mass is 16.4.